The predicted octanol–water partition coefficient (Wildman–Crippen LogP) is 2.47. The third-order valence-electron chi connectivity index (χ3n) is 2.49. The molecule has 0 aliphatic rings. The molecule has 1 aromatic carbocycles. The summed E-state index contributed by atoms with van der Waals surface area (Å²) in [5.74, 6) is 0. The van der Waals surface area contributed by atoms with Crippen LogP contribution in [0.25, 0.3) is 0 Å². The van der Waals surface area contributed by atoms with Gasteiger partial charge in [0.2, 0.25) is 5.13 Å². The highest BCUT2D eigenvalue weighted by molar-refractivity contribution is 7.93. The topological polar surface area (TPSA) is 84.0 Å². The number of benzene rings is 1. The molecule has 0 fully saturated rings. The number of aryl methyl sites for hydroxylation is 1. The van der Waals surface area contributed by atoms with Crippen LogP contribution >= 0.6 is 11.3 Å². The Morgan fingerprint density at radius 2 is 2.00 bits per heavy atom. The minimum absolute atomic E-state index is 0.210. The molecule has 0 bridgehead atoms. The minimum atomic E-state index is -3.67. The van der Waals surface area contributed by atoms with E-state index in [2.05, 4.69) is 20.2 Å². The van der Waals surface area contributed by atoms with Crippen LogP contribution in [0, 0.1) is 6.92 Å². The molecule has 0 unspecified atom stereocenters. The first kappa shape index (κ1) is 14.7. The molecule has 20 heavy (non-hydrogen) atoms. The highest BCUT2D eigenvalue weighted by atomic mass is 32.2. The van der Waals surface area contributed by atoms with Crippen molar-refractivity contribution in [2.45, 2.75) is 25.2 Å². The van der Waals surface area contributed by atoms with Crippen LogP contribution in [0.2, 0.25) is 0 Å². The molecule has 0 aliphatic carbocycles. The van der Waals surface area contributed by atoms with Crippen LogP contribution in [-0.2, 0) is 10.0 Å². The van der Waals surface area contributed by atoms with E-state index in [4.69, 9.17) is 0 Å². The maximum Gasteiger partial charge on any atom is 0.265 e. The van der Waals surface area contributed by atoms with Gasteiger partial charge in [0.15, 0.2) is 0 Å². The van der Waals surface area contributed by atoms with Gasteiger partial charge in [-0.3, -0.25) is 4.72 Å². The molecule has 2 N–H and O–H groups in total. The van der Waals surface area contributed by atoms with E-state index < -0.39 is 10.0 Å². The number of para-hydroxylation sites is 1. The van der Waals surface area contributed by atoms with Gasteiger partial charge < -0.3 is 5.32 Å². The Labute approximate surface area is 122 Å². The molecule has 2 aromatic rings. The third-order valence-corrected chi connectivity index (χ3v) is 4.77. The second-order valence-electron chi connectivity index (χ2n) is 4.15. The van der Waals surface area contributed by atoms with E-state index >= 15 is 0 Å². The number of nitrogens with zero attached hydrogens (tertiary/aromatic N) is 2. The van der Waals surface area contributed by atoms with E-state index in [1.54, 1.807) is 31.2 Å². The van der Waals surface area contributed by atoms with Crippen LogP contribution < -0.4 is 10.0 Å². The molecule has 1 aromatic heterocycles. The highest BCUT2D eigenvalue weighted by Gasteiger charge is 2.19. The van der Waals surface area contributed by atoms with Gasteiger partial charge in [0, 0.05) is 6.54 Å². The molecule has 2 rings (SSSR count). The first-order chi connectivity index (χ1) is 9.53. The van der Waals surface area contributed by atoms with E-state index in [-0.39, 0.29) is 10.0 Å². The van der Waals surface area contributed by atoms with Crippen LogP contribution in [0.3, 0.4) is 0 Å². The molecule has 0 saturated carbocycles. The van der Waals surface area contributed by atoms with Crippen molar-refractivity contribution < 1.29 is 8.42 Å². The van der Waals surface area contributed by atoms with Gasteiger partial charge in [-0.05, 0) is 25.5 Å². The van der Waals surface area contributed by atoms with E-state index in [9.17, 15) is 8.42 Å². The van der Waals surface area contributed by atoms with Crippen molar-refractivity contribution >= 4 is 32.2 Å². The smallest absolute Gasteiger partial charge is 0.265 e. The van der Waals surface area contributed by atoms with Crippen molar-refractivity contribution in [3.8, 4) is 0 Å². The number of aromatic nitrogens is 2. The standard InChI is InChI=1S/C12H16N4O2S2/c1-3-8-13-10-6-4-5-7-11(10)20(17,18)16-12-15-14-9(2)19-12/h4-7,13H,3,8H2,1-2H3,(H,15,16). The molecule has 108 valence electrons. The normalized spacial score (nSPS) is 11.3. The van der Waals surface area contributed by atoms with Crippen LogP contribution in [-0.4, -0.2) is 25.2 Å². The van der Waals surface area contributed by atoms with Gasteiger partial charge >= 0.3 is 0 Å². The fourth-order valence-electron chi connectivity index (χ4n) is 1.61. The Morgan fingerprint density at radius 1 is 1.25 bits per heavy atom. The third kappa shape index (κ3) is 3.45. The van der Waals surface area contributed by atoms with E-state index in [1.807, 2.05) is 6.92 Å². The fraction of sp³-hybridized carbons (Fsp3) is 0.333. The van der Waals surface area contributed by atoms with E-state index in [1.165, 1.54) is 11.3 Å². The van der Waals surface area contributed by atoms with Crippen molar-refractivity contribution in [2.75, 3.05) is 16.6 Å². The zero-order chi connectivity index (χ0) is 14.6. The summed E-state index contributed by atoms with van der Waals surface area (Å²) in [5.41, 5.74) is 0.586. The summed E-state index contributed by atoms with van der Waals surface area (Å²) in [6.07, 6.45) is 0.914. The number of rotatable bonds is 6. The molecule has 0 atom stereocenters. The van der Waals surface area contributed by atoms with Gasteiger partial charge in [-0.2, -0.15) is 0 Å². The quantitative estimate of drug-likeness (QED) is 0.856. The van der Waals surface area contributed by atoms with Crippen LogP contribution in [0.5, 0.6) is 0 Å². The maximum absolute atomic E-state index is 12.4. The summed E-state index contributed by atoms with van der Waals surface area (Å²) < 4.78 is 27.2. The summed E-state index contributed by atoms with van der Waals surface area (Å²) in [7, 11) is -3.67. The molecule has 0 radical (unpaired) electrons. The highest BCUT2D eigenvalue weighted by Crippen LogP contribution is 2.24. The Morgan fingerprint density at radius 3 is 2.65 bits per heavy atom. The molecule has 8 heteroatoms. The number of hydrogen-bond acceptors (Lipinski definition) is 6. The lowest BCUT2D eigenvalue weighted by Gasteiger charge is -2.11. The van der Waals surface area contributed by atoms with Crippen molar-refractivity contribution in [1.82, 2.24) is 10.2 Å². The number of sulfonamides is 1. The van der Waals surface area contributed by atoms with Gasteiger partial charge in [-0.15, -0.1) is 10.2 Å². The second-order valence-corrected chi connectivity index (χ2v) is 6.99. The van der Waals surface area contributed by atoms with Gasteiger partial charge in [-0.1, -0.05) is 30.4 Å². The molecule has 0 spiro atoms. The Balaban J connectivity index is 2.29. The van der Waals surface area contributed by atoms with Gasteiger partial charge in [0.25, 0.3) is 10.0 Å². The molecule has 6 nitrogen and oxygen atoms in total. The Kier molecular flexibility index (Phi) is 4.56. The van der Waals surface area contributed by atoms with Crippen molar-refractivity contribution in [1.29, 1.82) is 0 Å². The number of nitrogens with one attached hydrogen (secondary N) is 2. The average molecular weight is 312 g/mol. The van der Waals surface area contributed by atoms with Crippen molar-refractivity contribution in [3.63, 3.8) is 0 Å². The minimum Gasteiger partial charge on any atom is -0.384 e. The van der Waals surface area contributed by atoms with Crippen molar-refractivity contribution in [2.24, 2.45) is 0 Å². The van der Waals surface area contributed by atoms with Crippen LogP contribution in [0.15, 0.2) is 29.2 Å². The number of hydrogen-bond donors (Lipinski definition) is 2. The summed E-state index contributed by atoms with van der Waals surface area (Å²) in [4.78, 5) is 0.210. The van der Waals surface area contributed by atoms with Gasteiger partial charge in [0.05, 0.1) is 5.69 Å². The summed E-state index contributed by atoms with van der Waals surface area (Å²) >= 11 is 1.20. The van der Waals surface area contributed by atoms with E-state index in [0.29, 0.717) is 17.2 Å². The molecular weight excluding hydrogens is 296 g/mol. The summed E-state index contributed by atoms with van der Waals surface area (Å²) in [6, 6.07) is 6.80. The fourth-order valence-corrected chi connectivity index (χ4v) is 3.62. The first-order valence-corrected chi connectivity index (χ1v) is 8.48. The SMILES string of the molecule is CCCNc1ccccc1S(=O)(=O)Nc1nnc(C)s1. The largest absolute Gasteiger partial charge is 0.384 e. The number of anilines is 2. The Bertz CT molecular complexity index is 682. The second kappa shape index (κ2) is 6.19. The molecule has 1 heterocycles. The zero-order valence-electron chi connectivity index (χ0n) is 11.3. The lowest BCUT2D eigenvalue weighted by Crippen LogP contribution is -2.15. The summed E-state index contributed by atoms with van der Waals surface area (Å²) in [6.45, 7) is 4.50. The predicted molar refractivity (Wildman–Crippen MR) is 80.7 cm³/mol. The zero-order valence-corrected chi connectivity index (χ0v) is 12.9. The van der Waals surface area contributed by atoms with Crippen LogP contribution in [0.1, 0.15) is 18.4 Å². The maximum atomic E-state index is 12.4. The monoisotopic (exact) mass is 312 g/mol. The van der Waals surface area contributed by atoms with E-state index in [0.717, 1.165) is 6.42 Å². The summed E-state index contributed by atoms with van der Waals surface area (Å²) in [5, 5.41) is 11.7. The van der Waals surface area contributed by atoms with Crippen molar-refractivity contribution in [3.05, 3.63) is 29.3 Å². The van der Waals surface area contributed by atoms with Gasteiger partial charge in [0.1, 0.15) is 9.90 Å². The van der Waals surface area contributed by atoms with Crippen LogP contribution in [0.4, 0.5) is 10.8 Å². The molecular formula is C12H16N4O2S2. The lowest BCUT2D eigenvalue weighted by atomic mass is 10.3. The molecule has 0 aliphatic heterocycles. The lowest BCUT2D eigenvalue weighted by molar-refractivity contribution is 0.601. The molecule has 0 saturated heterocycles. The first-order valence-electron chi connectivity index (χ1n) is 6.19. The Hall–Kier alpha value is -1.67. The molecule has 0 amide bonds. The van der Waals surface area contributed by atoms with Gasteiger partial charge in [-0.25, -0.2) is 8.42 Å². The average Bonchev–Trinajstić information content (AvgIpc) is 2.81.